The summed E-state index contributed by atoms with van der Waals surface area (Å²) in [5.74, 6) is 0. The van der Waals surface area contributed by atoms with Gasteiger partial charge in [0.05, 0.1) is 11.0 Å². The number of rotatable bonds is 3. The topological polar surface area (TPSA) is 4.93 Å². The molecule has 0 saturated heterocycles. The summed E-state index contributed by atoms with van der Waals surface area (Å²) in [6, 6.07) is 68.7. The van der Waals surface area contributed by atoms with Crippen molar-refractivity contribution in [3.8, 4) is 50.2 Å². The summed E-state index contributed by atoms with van der Waals surface area (Å²) in [5.41, 5.74) is 13.6. The quantitative estimate of drug-likeness (QED) is 0.182. The standard InChI is InChI=1S/C48H31NS2/c1-3-15-32(16-4-1)35-22-13-27-45-47(35)38-20-8-11-25-43(38)50-44-26-12-9-21-39(44)48-36(23-14-28-46(48)51-45)33-29-30-42-40(31-33)37-19-7-10-24-41(37)49(42)34-17-5-2-6-18-34/h1-31H. The normalized spacial score (nSPS) is 12.2. The Bertz CT molecular complexity index is 2740. The number of para-hydroxylation sites is 2. The lowest BCUT2D eigenvalue weighted by molar-refractivity contribution is 1.18. The zero-order chi connectivity index (χ0) is 33.7. The smallest absolute Gasteiger partial charge is 0.0541 e. The summed E-state index contributed by atoms with van der Waals surface area (Å²) in [4.78, 5) is 5.01. The van der Waals surface area contributed by atoms with Gasteiger partial charge in [0.25, 0.3) is 0 Å². The summed E-state index contributed by atoms with van der Waals surface area (Å²) in [6.07, 6.45) is 0. The molecule has 10 rings (SSSR count). The fraction of sp³-hybridized carbons (Fsp3) is 0. The second kappa shape index (κ2) is 12.5. The van der Waals surface area contributed by atoms with E-state index in [9.17, 15) is 0 Å². The second-order valence-corrected chi connectivity index (χ2v) is 15.0. The predicted molar refractivity (Wildman–Crippen MR) is 217 cm³/mol. The molecule has 0 N–H and O–H groups in total. The summed E-state index contributed by atoms with van der Waals surface area (Å²) < 4.78 is 2.39. The van der Waals surface area contributed by atoms with Crippen LogP contribution in [0.2, 0.25) is 0 Å². The van der Waals surface area contributed by atoms with Crippen molar-refractivity contribution in [3.63, 3.8) is 0 Å². The molecule has 0 fully saturated rings. The van der Waals surface area contributed by atoms with Gasteiger partial charge in [0.2, 0.25) is 0 Å². The van der Waals surface area contributed by atoms with Crippen LogP contribution >= 0.6 is 23.5 Å². The van der Waals surface area contributed by atoms with Crippen LogP contribution < -0.4 is 0 Å². The second-order valence-electron chi connectivity index (χ2n) is 12.8. The molecule has 9 aromatic rings. The van der Waals surface area contributed by atoms with Crippen LogP contribution in [0.25, 0.3) is 72.0 Å². The lowest BCUT2D eigenvalue weighted by Crippen LogP contribution is -1.96. The third-order valence-electron chi connectivity index (χ3n) is 9.89. The Morgan fingerprint density at radius 3 is 1.49 bits per heavy atom. The molecular formula is C48H31NS2. The van der Waals surface area contributed by atoms with Crippen molar-refractivity contribution in [1.29, 1.82) is 0 Å². The van der Waals surface area contributed by atoms with E-state index in [1.165, 1.54) is 91.6 Å². The zero-order valence-corrected chi connectivity index (χ0v) is 29.3. The first-order valence-corrected chi connectivity index (χ1v) is 18.9. The molecule has 1 aliphatic heterocycles. The van der Waals surface area contributed by atoms with E-state index in [-0.39, 0.29) is 0 Å². The summed E-state index contributed by atoms with van der Waals surface area (Å²) in [7, 11) is 0. The third-order valence-corrected chi connectivity index (χ3v) is 12.2. The van der Waals surface area contributed by atoms with Crippen molar-refractivity contribution >= 4 is 45.3 Å². The van der Waals surface area contributed by atoms with Crippen molar-refractivity contribution in [2.24, 2.45) is 0 Å². The Hall–Kier alpha value is -5.74. The Kier molecular flexibility index (Phi) is 7.41. The van der Waals surface area contributed by atoms with E-state index in [0.29, 0.717) is 0 Å². The summed E-state index contributed by atoms with van der Waals surface area (Å²) >= 11 is 3.75. The van der Waals surface area contributed by atoms with Gasteiger partial charge < -0.3 is 4.57 Å². The van der Waals surface area contributed by atoms with Crippen LogP contribution in [0.4, 0.5) is 0 Å². The van der Waals surface area contributed by atoms with E-state index in [1.54, 1.807) is 0 Å². The SMILES string of the molecule is c1ccc(-c2cccc3c2-c2ccccc2Sc2ccccc2-c2c(cccc2-c2ccc4c(c2)c2ccccc2n4-c2ccccc2)S3)cc1. The molecule has 0 atom stereocenters. The highest BCUT2D eigenvalue weighted by Crippen LogP contribution is 2.53. The highest BCUT2D eigenvalue weighted by atomic mass is 32.2. The monoisotopic (exact) mass is 685 g/mol. The molecule has 0 aliphatic carbocycles. The molecule has 0 spiro atoms. The third kappa shape index (κ3) is 5.12. The van der Waals surface area contributed by atoms with Gasteiger partial charge in [-0.1, -0.05) is 157 Å². The molecule has 0 amide bonds. The van der Waals surface area contributed by atoms with Crippen LogP contribution in [0, 0.1) is 0 Å². The average Bonchev–Trinajstić information content (AvgIpc) is 3.53. The minimum Gasteiger partial charge on any atom is -0.309 e. The van der Waals surface area contributed by atoms with Gasteiger partial charge in [-0.05, 0) is 88.0 Å². The lowest BCUT2D eigenvalue weighted by Gasteiger charge is -2.23. The summed E-state index contributed by atoms with van der Waals surface area (Å²) in [5, 5.41) is 2.51. The Labute approximate surface area is 306 Å². The molecule has 1 aromatic heterocycles. The maximum absolute atomic E-state index is 2.41. The van der Waals surface area contributed by atoms with E-state index in [4.69, 9.17) is 0 Å². The molecular weight excluding hydrogens is 655 g/mol. The largest absolute Gasteiger partial charge is 0.309 e. The van der Waals surface area contributed by atoms with Crippen molar-refractivity contribution in [2.75, 3.05) is 0 Å². The van der Waals surface area contributed by atoms with E-state index >= 15 is 0 Å². The lowest BCUT2D eigenvalue weighted by atomic mass is 9.93. The highest BCUT2D eigenvalue weighted by molar-refractivity contribution is 8.00. The number of nitrogens with zero attached hydrogens (tertiary/aromatic N) is 1. The van der Waals surface area contributed by atoms with Gasteiger partial charge in [-0.2, -0.15) is 0 Å². The zero-order valence-electron chi connectivity index (χ0n) is 27.7. The summed E-state index contributed by atoms with van der Waals surface area (Å²) in [6.45, 7) is 0. The van der Waals surface area contributed by atoms with Gasteiger partial charge >= 0.3 is 0 Å². The minimum atomic E-state index is 1.17. The van der Waals surface area contributed by atoms with Crippen molar-refractivity contribution in [1.82, 2.24) is 4.57 Å². The van der Waals surface area contributed by atoms with E-state index in [0.717, 1.165) is 0 Å². The first-order valence-electron chi connectivity index (χ1n) is 17.3. The molecule has 0 saturated carbocycles. The first-order chi connectivity index (χ1) is 25.3. The van der Waals surface area contributed by atoms with Crippen molar-refractivity contribution < 1.29 is 0 Å². The van der Waals surface area contributed by atoms with Crippen LogP contribution in [-0.2, 0) is 0 Å². The number of fused-ring (bicyclic) bond motifs is 9. The molecule has 240 valence electrons. The van der Waals surface area contributed by atoms with E-state index < -0.39 is 0 Å². The molecule has 8 aromatic carbocycles. The van der Waals surface area contributed by atoms with Crippen LogP contribution in [0.1, 0.15) is 0 Å². The predicted octanol–water partition coefficient (Wildman–Crippen LogP) is 14.1. The molecule has 3 heteroatoms. The van der Waals surface area contributed by atoms with Gasteiger partial charge in [-0.25, -0.2) is 0 Å². The maximum atomic E-state index is 2.41. The van der Waals surface area contributed by atoms with E-state index in [2.05, 4.69) is 193 Å². The number of benzene rings is 8. The fourth-order valence-corrected chi connectivity index (χ4v) is 9.91. The average molecular weight is 686 g/mol. The molecule has 1 aliphatic rings. The van der Waals surface area contributed by atoms with Crippen LogP contribution in [0.15, 0.2) is 208 Å². The molecule has 1 nitrogen and oxygen atoms in total. The minimum absolute atomic E-state index is 1.17. The van der Waals surface area contributed by atoms with Gasteiger partial charge in [-0.15, -0.1) is 0 Å². The van der Waals surface area contributed by atoms with Gasteiger partial charge in [0.15, 0.2) is 0 Å². The molecule has 2 heterocycles. The number of hydrogen-bond donors (Lipinski definition) is 0. The maximum Gasteiger partial charge on any atom is 0.0541 e. The first kappa shape index (κ1) is 30.1. The fourth-order valence-electron chi connectivity index (χ4n) is 7.64. The Balaban J connectivity index is 1.23. The van der Waals surface area contributed by atoms with Crippen molar-refractivity contribution in [2.45, 2.75) is 19.6 Å². The van der Waals surface area contributed by atoms with Crippen molar-refractivity contribution in [3.05, 3.63) is 188 Å². The molecule has 0 bridgehead atoms. The van der Waals surface area contributed by atoms with Gasteiger partial charge in [0.1, 0.15) is 0 Å². The van der Waals surface area contributed by atoms with E-state index in [1.807, 2.05) is 23.5 Å². The van der Waals surface area contributed by atoms with Crippen LogP contribution in [0.5, 0.6) is 0 Å². The molecule has 0 unspecified atom stereocenters. The Morgan fingerprint density at radius 2 is 0.804 bits per heavy atom. The number of hydrogen-bond acceptors (Lipinski definition) is 2. The Morgan fingerprint density at radius 1 is 0.314 bits per heavy atom. The molecule has 0 radical (unpaired) electrons. The van der Waals surface area contributed by atoms with Gasteiger partial charge in [-0.3, -0.25) is 0 Å². The van der Waals surface area contributed by atoms with Crippen LogP contribution in [0.3, 0.4) is 0 Å². The number of aromatic nitrogens is 1. The van der Waals surface area contributed by atoms with Gasteiger partial charge in [0, 0.05) is 47.2 Å². The highest BCUT2D eigenvalue weighted by Gasteiger charge is 2.24. The van der Waals surface area contributed by atoms with Crippen LogP contribution in [-0.4, -0.2) is 4.57 Å². The molecule has 51 heavy (non-hydrogen) atoms.